The second-order valence-electron chi connectivity index (χ2n) is 4.85. The van der Waals surface area contributed by atoms with Gasteiger partial charge in [-0.2, -0.15) is 17.0 Å². The van der Waals surface area contributed by atoms with Crippen LogP contribution in [0, 0.1) is 0 Å². The lowest BCUT2D eigenvalue weighted by Crippen LogP contribution is -2.47. The molecule has 2 aliphatic rings. The van der Waals surface area contributed by atoms with Crippen molar-refractivity contribution in [3.8, 4) is 0 Å². The molecule has 0 unspecified atom stereocenters. The van der Waals surface area contributed by atoms with Crippen molar-refractivity contribution in [2.75, 3.05) is 46.4 Å². The van der Waals surface area contributed by atoms with E-state index in [9.17, 15) is 8.42 Å². The summed E-state index contributed by atoms with van der Waals surface area (Å²) in [5, 5.41) is 3.23. The van der Waals surface area contributed by atoms with E-state index >= 15 is 0 Å². The Balaban J connectivity index is 2.05. The summed E-state index contributed by atoms with van der Waals surface area (Å²) in [6, 6.07) is 0.196. The second-order valence-corrected chi connectivity index (χ2v) is 6.73. The number of rotatable bonds is 6. The van der Waals surface area contributed by atoms with Gasteiger partial charge >= 0.3 is 0 Å². The van der Waals surface area contributed by atoms with Crippen LogP contribution < -0.4 is 5.32 Å². The van der Waals surface area contributed by atoms with Gasteiger partial charge in [0, 0.05) is 39.3 Å². The Morgan fingerprint density at radius 2 is 2.11 bits per heavy atom. The Bertz CT molecular complexity index is 349. The fraction of sp³-hybridized carbons (Fsp3) is 1.00. The van der Waals surface area contributed by atoms with E-state index in [0.29, 0.717) is 26.2 Å². The van der Waals surface area contributed by atoms with Crippen LogP contribution in [-0.2, 0) is 14.9 Å². The largest absolute Gasteiger partial charge is 0.383 e. The minimum atomic E-state index is -3.31. The van der Waals surface area contributed by atoms with Crippen LogP contribution in [0.5, 0.6) is 0 Å². The lowest BCUT2D eigenvalue weighted by molar-refractivity contribution is 0.174. The number of ether oxygens (including phenoxy) is 1. The van der Waals surface area contributed by atoms with Crippen LogP contribution in [0.2, 0.25) is 0 Å². The normalized spacial score (nSPS) is 23.2. The lowest BCUT2D eigenvalue weighted by atomic mass is 10.4. The van der Waals surface area contributed by atoms with Crippen LogP contribution in [0.25, 0.3) is 0 Å². The molecule has 0 bridgehead atoms. The minimum Gasteiger partial charge on any atom is -0.383 e. The van der Waals surface area contributed by atoms with Crippen LogP contribution in [-0.4, -0.2) is 69.5 Å². The van der Waals surface area contributed by atoms with E-state index < -0.39 is 10.2 Å². The van der Waals surface area contributed by atoms with Crippen molar-refractivity contribution >= 4 is 10.2 Å². The van der Waals surface area contributed by atoms with Crippen molar-refractivity contribution in [3.63, 3.8) is 0 Å². The van der Waals surface area contributed by atoms with Crippen molar-refractivity contribution in [1.82, 2.24) is 13.9 Å². The Hall–Kier alpha value is -0.210. The molecule has 106 valence electrons. The first kappa shape index (κ1) is 14.2. The third-order valence-electron chi connectivity index (χ3n) is 3.39. The molecule has 0 spiro atoms. The van der Waals surface area contributed by atoms with Crippen LogP contribution in [0.15, 0.2) is 0 Å². The lowest BCUT2D eigenvalue weighted by Gasteiger charge is -2.28. The van der Waals surface area contributed by atoms with E-state index in [2.05, 4.69) is 5.32 Å². The Kier molecular flexibility index (Phi) is 4.97. The van der Waals surface area contributed by atoms with Crippen LogP contribution in [0.1, 0.15) is 19.3 Å². The molecule has 2 rings (SSSR count). The number of methoxy groups -OCH3 is 1. The molecule has 1 aliphatic carbocycles. The zero-order valence-electron chi connectivity index (χ0n) is 11.0. The predicted molar refractivity (Wildman–Crippen MR) is 69.6 cm³/mol. The molecule has 0 aromatic carbocycles. The van der Waals surface area contributed by atoms with Gasteiger partial charge in [-0.05, 0) is 25.8 Å². The highest BCUT2D eigenvalue weighted by atomic mass is 32.2. The summed E-state index contributed by atoms with van der Waals surface area (Å²) in [6.07, 6.45) is 2.84. The van der Waals surface area contributed by atoms with Crippen molar-refractivity contribution in [2.45, 2.75) is 25.3 Å². The average molecular weight is 277 g/mol. The van der Waals surface area contributed by atoms with E-state index in [1.54, 1.807) is 15.7 Å². The summed E-state index contributed by atoms with van der Waals surface area (Å²) in [5.74, 6) is 0. The Morgan fingerprint density at radius 3 is 2.78 bits per heavy atom. The first-order chi connectivity index (χ1) is 8.66. The van der Waals surface area contributed by atoms with Gasteiger partial charge < -0.3 is 10.1 Å². The molecule has 6 nitrogen and oxygen atoms in total. The van der Waals surface area contributed by atoms with E-state index in [4.69, 9.17) is 4.74 Å². The van der Waals surface area contributed by atoms with Gasteiger partial charge in [0.15, 0.2) is 0 Å². The van der Waals surface area contributed by atoms with E-state index in [1.807, 2.05) is 0 Å². The molecule has 1 saturated carbocycles. The van der Waals surface area contributed by atoms with E-state index in [1.165, 1.54) is 0 Å². The molecule has 18 heavy (non-hydrogen) atoms. The van der Waals surface area contributed by atoms with Crippen LogP contribution in [0.4, 0.5) is 0 Å². The van der Waals surface area contributed by atoms with Gasteiger partial charge in [0.05, 0.1) is 6.61 Å². The van der Waals surface area contributed by atoms with E-state index in [-0.39, 0.29) is 6.04 Å². The van der Waals surface area contributed by atoms with Gasteiger partial charge in [-0.25, -0.2) is 0 Å². The zero-order valence-corrected chi connectivity index (χ0v) is 11.8. The third kappa shape index (κ3) is 3.42. The molecular weight excluding hydrogens is 254 g/mol. The second kappa shape index (κ2) is 6.29. The number of nitrogens with one attached hydrogen (secondary N) is 1. The van der Waals surface area contributed by atoms with Gasteiger partial charge in [0.2, 0.25) is 0 Å². The van der Waals surface area contributed by atoms with E-state index in [0.717, 1.165) is 32.4 Å². The fourth-order valence-electron chi connectivity index (χ4n) is 2.23. The maximum atomic E-state index is 12.6. The molecule has 1 saturated heterocycles. The molecular formula is C11H23N3O3S. The fourth-order valence-corrected chi connectivity index (χ4v) is 4.10. The van der Waals surface area contributed by atoms with Gasteiger partial charge in [-0.1, -0.05) is 0 Å². The molecule has 0 atom stereocenters. The quantitative estimate of drug-likeness (QED) is 0.720. The smallest absolute Gasteiger partial charge is 0.282 e. The van der Waals surface area contributed by atoms with Crippen molar-refractivity contribution in [1.29, 1.82) is 0 Å². The first-order valence-electron chi connectivity index (χ1n) is 6.63. The maximum Gasteiger partial charge on any atom is 0.282 e. The predicted octanol–water partition coefficient (Wildman–Crippen LogP) is -0.363. The summed E-state index contributed by atoms with van der Waals surface area (Å²) < 4.78 is 33.4. The molecule has 0 amide bonds. The highest BCUT2D eigenvalue weighted by Gasteiger charge is 2.39. The monoisotopic (exact) mass is 277 g/mol. The summed E-state index contributed by atoms with van der Waals surface area (Å²) in [7, 11) is -1.71. The Labute approximate surface area is 109 Å². The number of hydrogen-bond acceptors (Lipinski definition) is 4. The van der Waals surface area contributed by atoms with Gasteiger partial charge in [-0.3, -0.25) is 0 Å². The summed E-state index contributed by atoms with van der Waals surface area (Å²) >= 11 is 0. The third-order valence-corrected chi connectivity index (χ3v) is 5.48. The molecule has 0 aromatic heterocycles. The molecule has 2 fully saturated rings. The van der Waals surface area contributed by atoms with Crippen molar-refractivity contribution in [3.05, 3.63) is 0 Å². The SMILES string of the molecule is COCCN(C1CC1)S(=O)(=O)N1CCCNCC1. The molecule has 1 aliphatic heterocycles. The topological polar surface area (TPSA) is 61.9 Å². The van der Waals surface area contributed by atoms with Gasteiger partial charge in [0.1, 0.15) is 0 Å². The molecule has 0 radical (unpaired) electrons. The zero-order chi connectivity index (χ0) is 13.0. The van der Waals surface area contributed by atoms with Crippen LogP contribution >= 0.6 is 0 Å². The molecule has 1 heterocycles. The summed E-state index contributed by atoms with van der Waals surface area (Å²) in [4.78, 5) is 0. The van der Waals surface area contributed by atoms with Gasteiger partial charge in [0.25, 0.3) is 10.2 Å². The Morgan fingerprint density at radius 1 is 1.33 bits per heavy atom. The molecule has 1 N–H and O–H groups in total. The average Bonchev–Trinajstić information content (AvgIpc) is 3.16. The summed E-state index contributed by atoms with van der Waals surface area (Å²) in [5.41, 5.74) is 0. The molecule has 7 heteroatoms. The standard InChI is InChI=1S/C11H23N3O3S/c1-17-10-9-14(11-3-4-11)18(15,16)13-7-2-5-12-6-8-13/h11-12H,2-10H2,1H3. The van der Waals surface area contributed by atoms with Crippen LogP contribution in [0.3, 0.4) is 0 Å². The van der Waals surface area contributed by atoms with Crippen molar-refractivity contribution in [2.24, 2.45) is 0 Å². The summed E-state index contributed by atoms with van der Waals surface area (Å²) in [6.45, 7) is 3.74. The van der Waals surface area contributed by atoms with Gasteiger partial charge in [-0.15, -0.1) is 0 Å². The number of nitrogens with zero attached hydrogens (tertiary/aromatic N) is 2. The maximum absolute atomic E-state index is 12.6. The first-order valence-corrected chi connectivity index (χ1v) is 8.02. The molecule has 0 aromatic rings. The highest BCUT2D eigenvalue weighted by molar-refractivity contribution is 7.86. The minimum absolute atomic E-state index is 0.196. The highest BCUT2D eigenvalue weighted by Crippen LogP contribution is 2.30. The van der Waals surface area contributed by atoms with Crippen molar-refractivity contribution < 1.29 is 13.2 Å². The number of hydrogen-bond donors (Lipinski definition) is 1.